The fourth-order valence-electron chi connectivity index (χ4n) is 4.50. The number of aromatic nitrogens is 1. The SMILES string of the molecule is CC(=O)Nc1c(C)cc(C2CCN(C(=O)OC(C)(C)C)CC2)nc1-c1ccc(Oc2ccccc2)cc1F. The van der Waals surface area contributed by atoms with E-state index in [1.807, 2.05) is 52.0 Å². The van der Waals surface area contributed by atoms with Crippen LogP contribution in [-0.4, -0.2) is 40.6 Å². The minimum absolute atomic E-state index is 0.0845. The van der Waals surface area contributed by atoms with Gasteiger partial charge < -0.3 is 19.7 Å². The van der Waals surface area contributed by atoms with Crippen LogP contribution in [0.2, 0.25) is 0 Å². The number of halogens is 1. The summed E-state index contributed by atoms with van der Waals surface area (Å²) >= 11 is 0. The highest BCUT2D eigenvalue weighted by atomic mass is 19.1. The van der Waals surface area contributed by atoms with E-state index in [1.54, 1.807) is 29.2 Å². The molecule has 1 aliphatic heterocycles. The quantitative estimate of drug-likeness (QED) is 0.390. The first kappa shape index (κ1) is 27.1. The highest BCUT2D eigenvalue weighted by Crippen LogP contribution is 2.37. The number of piperidine rings is 1. The van der Waals surface area contributed by atoms with Crippen molar-refractivity contribution >= 4 is 17.7 Å². The molecule has 0 spiro atoms. The van der Waals surface area contributed by atoms with E-state index in [2.05, 4.69) is 5.32 Å². The van der Waals surface area contributed by atoms with Crippen LogP contribution in [0.3, 0.4) is 0 Å². The third-order valence-electron chi connectivity index (χ3n) is 6.28. The summed E-state index contributed by atoms with van der Waals surface area (Å²) in [5, 5.41) is 2.83. The van der Waals surface area contributed by atoms with Crippen molar-refractivity contribution in [2.75, 3.05) is 18.4 Å². The molecule has 1 fully saturated rings. The number of amides is 2. The molecule has 7 nitrogen and oxygen atoms in total. The van der Waals surface area contributed by atoms with Gasteiger partial charge in [0.2, 0.25) is 5.91 Å². The molecule has 38 heavy (non-hydrogen) atoms. The lowest BCUT2D eigenvalue weighted by Crippen LogP contribution is -2.41. The van der Waals surface area contributed by atoms with Crippen LogP contribution in [-0.2, 0) is 9.53 Å². The molecule has 0 atom stereocenters. The van der Waals surface area contributed by atoms with Gasteiger partial charge in [-0.25, -0.2) is 9.18 Å². The number of anilines is 1. The van der Waals surface area contributed by atoms with Gasteiger partial charge in [-0.1, -0.05) is 18.2 Å². The van der Waals surface area contributed by atoms with Crippen molar-refractivity contribution < 1.29 is 23.5 Å². The Morgan fingerprint density at radius 1 is 1.03 bits per heavy atom. The zero-order valence-electron chi connectivity index (χ0n) is 22.5. The molecule has 4 rings (SSSR count). The predicted molar refractivity (Wildman–Crippen MR) is 145 cm³/mol. The molecule has 1 saturated heterocycles. The predicted octanol–water partition coefficient (Wildman–Crippen LogP) is 7.06. The summed E-state index contributed by atoms with van der Waals surface area (Å²) in [4.78, 5) is 31.0. The van der Waals surface area contributed by atoms with Gasteiger partial charge in [-0.3, -0.25) is 9.78 Å². The van der Waals surface area contributed by atoms with E-state index >= 15 is 4.39 Å². The van der Waals surface area contributed by atoms with Crippen LogP contribution < -0.4 is 10.1 Å². The van der Waals surface area contributed by atoms with E-state index in [0.717, 1.165) is 11.3 Å². The molecule has 2 aromatic carbocycles. The van der Waals surface area contributed by atoms with Gasteiger partial charge in [-0.2, -0.15) is 0 Å². The third-order valence-corrected chi connectivity index (χ3v) is 6.28. The average Bonchev–Trinajstić information content (AvgIpc) is 2.85. The molecule has 0 bridgehead atoms. The lowest BCUT2D eigenvalue weighted by Gasteiger charge is -2.33. The Labute approximate surface area is 223 Å². The Morgan fingerprint density at radius 3 is 2.32 bits per heavy atom. The van der Waals surface area contributed by atoms with E-state index < -0.39 is 11.4 Å². The number of rotatable bonds is 5. The molecular formula is C30H34FN3O4. The monoisotopic (exact) mass is 519 g/mol. The Balaban J connectivity index is 1.61. The van der Waals surface area contributed by atoms with Gasteiger partial charge in [0.25, 0.3) is 0 Å². The zero-order chi connectivity index (χ0) is 27.4. The number of pyridine rings is 1. The van der Waals surface area contributed by atoms with Crippen LogP contribution in [0.5, 0.6) is 11.5 Å². The second kappa shape index (κ2) is 11.2. The highest BCUT2D eigenvalue weighted by Gasteiger charge is 2.29. The molecule has 1 N–H and O–H groups in total. The zero-order valence-corrected chi connectivity index (χ0v) is 22.5. The normalized spacial score (nSPS) is 14.2. The van der Waals surface area contributed by atoms with Crippen LogP contribution in [0.1, 0.15) is 57.7 Å². The molecule has 1 aromatic heterocycles. The number of ether oxygens (including phenoxy) is 2. The van der Waals surface area contributed by atoms with Crippen LogP contribution in [0, 0.1) is 12.7 Å². The number of benzene rings is 2. The lowest BCUT2D eigenvalue weighted by molar-refractivity contribution is -0.114. The number of para-hydroxylation sites is 1. The van der Waals surface area contributed by atoms with Gasteiger partial charge in [0, 0.05) is 43.3 Å². The Morgan fingerprint density at radius 2 is 1.71 bits per heavy atom. The molecule has 8 heteroatoms. The lowest BCUT2D eigenvalue weighted by atomic mass is 9.91. The second-order valence-electron chi connectivity index (χ2n) is 10.6. The van der Waals surface area contributed by atoms with Gasteiger partial charge >= 0.3 is 6.09 Å². The van der Waals surface area contributed by atoms with Crippen molar-refractivity contribution in [1.82, 2.24) is 9.88 Å². The van der Waals surface area contributed by atoms with Crippen LogP contribution in [0.4, 0.5) is 14.9 Å². The molecule has 200 valence electrons. The van der Waals surface area contributed by atoms with E-state index in [-0.39, 0.29) is 23.5 Å². The Kier molecular flexibility index (Phi) is 7.99. The average molecular weight is 520 g/mol. The molecular weight excluding hydrogens is 485 g/mol. The summed E-state index contributed by atoms with van der Waals surface area (Å²) < 4.78 is 26.7. The highest BCUT2D eigenvalue weighted by molar-refractivity contribution is 5.94. The first-order valence-corrected chi connectivity index (χ1v) is 12.8. The molecule has 1 aliphatic rings. The van der Waals surface area contributed by atoms with Gasteiger partial charge in [0.15, 0.2) is 0 Å². The minimum atomic E-state index is -0.549. The Hall–Kier alpha value is -3.94. The summed E-state index contributed by atoms with van der Waals surface area (Å²) in [5.74, 6) is 0.280. The van der Waals surface area contributed by atoms with E-state index in [9.17, 15) is 9.59 Å². The maximum atomic E-state index is 15.4. The van der Waals surface area contributed by atoms with Gasteiger partial charge in [-0.05, 0) is 76.4 Å². The first-order chi connectivity index (χ1) is 18.0. The number of hydrogen-bond acceptors (Lipinski definition) is 5. The molecule has 0 unspecified atom stereocenters. The summed E-state index contributed by atoms with van der Waals surface area (Å²) in [6.07, 6.45) is 1.09. The van der Waals surface area contributed by atoms with E-state index in [1.165, 1.54) is 13.0 Å². The van der Waals surface area contributed by atoms with E-state index in [0.29, 0.717) is 48.8 Å². The van der Waals surface area contributed by atoms with E-state index in [4.69, 9.17) is 14.5 Å². The first-order valence-electron chi connectivity index (χ1n) is 12.8. The van der Waals surface area contributed by atoms with Gasteiger partial charge in [0.05, 0.1) is 11.4 Å². The van der Waals surface area contributed by atoms with Crippen molar-refractivity contribution in [3.05, 3.63) is 71.7 Å². The topological polar surface area (TPSA) is 80.8 Å². The smallest absolute Gasteiger partial charge is 0.410 e. The number of aryl methyl sites for hydroxylation is 1. The Bertz CT molecular complexity index is 1310. The molecule has 2 amide bonds. The maximum Gasteiger partial charge on any atom is 0.410 e. The molecule has 2 heterocycles. The summed E-state index contributed by atoms with van der Waals surface area (Å²) in [7, 11) is 0. The second-order valence-corrected chi connectivity index (χ2v) is 10.6. The van der Waals surface area contributed by atoms with Crippen molar-refractivity contribution in [3.8, 4) is 22.8 Å². The number of carbonyl (C=O) groups is 2. The third kappa shape index (κ3) is 6.68. The number of likely N-dealkylation sites (tertiary alicyclic amines) is 1. The van der Waals surface area contributed by atoms with Crippen LogP contribution in [0.15, 0.2) is 54.6 Å². The van der Waals surface area contributed by atoms with Crippen molar-refractivity contribution in [1.29, 1.82) is 0 Å². The number of hydrogen-bond donors (Lipinski definition) is 1. The number of nitrogens with one attached hydrogen (secondary N) is 1. The summed E-state index contributed by atoms with van der Waals surface area (Å²) in [6, 6.07) is 15.7. The fourth-order valence-corrected chi connectivity index (χ4v) is 4.50. The van der Waals surface area contributed by atoms with Crippen LogP contribution >= 0.6 is 0 Å². The molecule has 0 radical (unpaired) electrons. The van der Waals surface area contributed by atoms with Crippen molar-refractivity contribution in [2.45, 2.75) is 59.0 Å². The molecule has 3 aromatic rings. The molecule has 0 saturated carbocycles. The number of carbonyl (C=O) groups excluding carboxylic acids is 2. The van der Waals surface area contributed by atoms with Gasteiger partial charge in [0.1, 0.15) is 22.9 Å². The van der Waals surface area contributed by atoms with Crippen molar-refractivity contribution in [3.63, 3.8) is 0 Å². The summed E-state index contributed by atoms with van der Waals surface area (Å²) in [6.45, 7) is 9.93. The largest absolute Gasteiger partial charge is 0.457 e. The summed E-state index contributed by atoms with van der Waals surface area (Å²) in [5.41, 5.74) is 2.16. The van der Waals surface area contributed by atoms with Crippen molar-refractivity contribution in [2.24, 2.45) is 0 Å². The van der Waals surface area contributed by atoms with Crippen LogP contribution in [0.25, 0.3) is 11.3 Å². The standard InChI is InChI=1S/C30H34FN3O4/c1-19-17-26(21-13-15-34(16-14-21)29(36)38-30(3,4)5)33-28(27(19)32-20(2)35)24-12-11-23(18-25(24)31)37-22-9-7-6-8-10-22/h6-12,17-18,21H,13-16H2,1-5H3,(H,32,35). The molecule has 0 aliphatic carbocycles. The number of nitrogens with zero attached hydrogens (tertiary/aromatic N) is 2. The van der Waals surface area contributed by atoms with Gasteiger partial charge in [-0.15, -0.1) is 0 Å². The fraction of sp³-hybridized carbons (Fsp3) is 0.367. The maximum absolute atomic E-state index is 15.4. The minimum Gasteiger partial charge on any atom is -0.457 e.